The Morgan fingerprint density at radius 3 is 2.71 bits per heavy atom. The van der Waals surface area contributed by atoms with Crippen molar-refractivity contribution in [3.8, 4) is 0 Å². The van der Waals surface area contributed by atoms with Gasteiger partial charge in [0.25, 0.3) is 0 Å². The quantitative estimate of drug-likeness (QED) is 0.789. The maximum Gasteiger partial charge on any atom is 0.123 e. The molecule has 0 heterocycles. The second-order valence-electron chi connectivity index (χ2n) is 4.65. The summed E-state index contributed by atoms with van der Waals surface area (Å²) in [6.07, 6.45) is 0.949. The molecule has 1 aromatic rings. The van der Waals surface area contributed by atoms with Crippen molar-refractivity contribution in [1.29, 1.82) is 0 Å². The first-order valence-electron chi connectivity index (χ1n) is 6.15. The van der Waals surface area contributed by atoms with Crippen LogP contribution >= 0.6 is 0 Å². The Labute approximate surface area is 103 Å². The predicted molar refractivity (Wildman–Crippen MR) is 68.5 cm³/mol. The number of hydrogen-bond donors (Lipinski definition) is 1. The van der Waals surface area contributed by atoms with Crippen LogP contribution in [-0.4, -0.2) is 20.2 Å². The second kappa shape index (κ2) is 7.41. The standard InChI is InChI=1S/C14H22FNO/c1-11(2)7-8-17-14(10-16-3)12-5-4-6-13(15)9-12/h4-6,9,11,14,16H,7-8,10H2,1-3H3. The minimum atomic E-state index is -0.212. The van der Waals surface area contributed by atoms with Crippen molar-refractivity contribution in [1.82, 2.24) is 5.32 Å². The monoisotopic (exact) mass is 239 g/mol. The molecule has 0 aromatic heterocycles. The van der Waals surface area contributed by atoms with E-state index in [0.29, 0.717) is 19.1 Å². The third-order valence-corrected chi connectivity index (χ3v) is 2.62. The molecule has 0 aliphatic heterocycles. The number of benzene rings is 1. The highest BCUT2D eigenvalue weighted by Crippen LogP contribution is 2.18. The SMILES string of the molecule is CNCC(OCCC(C)C)c1cccc(F)c1. The fourth-order valence-corrected chi connectivity index (χ4v) is 1.61. The van der Waals surface area contributed by atoms with E-state index < -0.39 is 0 Å². The lowest BCUT2D eigenvalue weighted by atomic mass is 10.1. The first kappa shape index (κ1) is 14.1. The largest absolute Gasteiger partial charge is 0.372 e. The smallest absolute Gasteiger partial charge is 0.123 e. The van der Waals surface area contributed by atoms with Crippen molar-refractivity contribution < 1.29 is 9.13 Å². The van der Waals surface area contributed by atoms with E-state index in [2.05, 4.69) is 19.2 Å². The van der Waals surface area contributed by atoms with E-state index in [0.717, 1.165) is 12.0 Å². The van der Waals surface area contributed by atoms with E-state index in [4.69, 9.17) is 4.74 Å². The van der Waals surface area contributed by atoms with Crippen LogP contribution in [0.15, 0.2) is 24.3 Å². The summed E-state index contributed by atoms with van der Waals surface area (Å²) in [6, 6.07) is 6.62. The third-order valence-electron chi connectivity index (χ3n) is 2.62. The third kappa shape index (κ3) is 5.29. The van der Waals surface area contributed by atoms with Gasteiger partial charge >= 0.3 is 0 Å². The van der Waals surface area contributed by atoms with Crippen LogP contribution in [-0.2, 0) is 4.74 Å². The van der Waals surface area contributed by atoms with Crippen LogP contribution in [0.2, 0.25) is 0 Å². The maximum atomic E-state index is 13.1. The fraction of sp³-hybridized carbons (Fsp3) is 0.571. The zero-order chi connectivity index (χ0) is 12.7. The summed E-state index contributed by atoms with van der Waals surface area (Å²) in [4.78, 5) is 0. The molecule has 0 bridgehead atoms. The van der Waals surface area contributed by atoms with E-state index in [1.165, 1.54) is 12.1 Å². The van der Waals surface area contributed by atoms with E-state index in [1.54, 1.807) is 6.07 Å². The Morgan fingerprint density at radius 1 is 1.35 bits per heavy atom. The molecule has 0 aliphatic rings. The van der Waals surface area contributed by atoms with E-state index in [-0.39, 0.29) is 11.9 Å². The van der Waals surface area contributed by atoms with Crippen molar-refractivity contribution in [2.24, 2.45) is 5.92 Å². The van der Waals surface area contributed by atoms with E-state index >= 15 is 0 Å². The zero-order valence-corrected chi connectivity index (χ0v) is 10.9. The number of halogens is 1. The topological polar surface area (TPSA) is 21.3 Å². The highest BCUT2D eigenvalue weighted by molar-refractivity contribution is 5.19. The highest BCUT2D eigenvalue weighted by Gasteiger charge is 2.11. The van der Waals surface area contributed by atoms with Crippen LogP contribution in [0.5, 0.6) is 0 Å². The molecule has 1 aromatic carbocycles. The van der Waals surface area contributed by atoms with Gasteiger partial charge in [-0.3, -0.25) is 0 Å². The maximum absolute atomic E-state index is 13.1. The molecule has 0 aliphatic carbocycles. The van der Waals surface area contributed by atoms with Gasteiger partial charge in [-0.05, 0) is 37.1 Å². The lowest BCUT2D eigenvalue weighted by Crippen LogP contribution is -2.20. The molecule has 0 radical (unpaired) electrons. The van der Waals surface area contributed by atoms with Crippen LogP contribution in [0.1, 0.15) is 31.9 Å². The molecular formula is C14H22FNO. The zero-order valence-electron chi connectivity index (χ0n) is 10.9. The van der Waals surface area contributed by atoms with Gasteiger partial charge < -0.3 is 10.1 Å². The van der Waals surface area contributed by atoms with Crippen LogP contribution in [0.25, 0.3) is 0 Å². The normalized spacial score (nSPS) is 13.0. The van der Waals surface area contributed by atoms with Crippen LogP contribution < -0.4 is 5.32 Å². The van der Waals surface area contributed by atoms with Gasteiger partial charge in [0.1, 0.15) is 5.82 Å². The number of hydrogen-bond acceptors (Lipinski definition) is 2. The number of nitrogens with one attached hydrogen (secondary N) is 1. The predicted octanol–water partition coefficient (Wildman–Crippen LogP) is 3.15. The van der Waals surface area contributed by atoms with Gasteiger partial charge in [-0.15, -0.1) is 0 Å². The summed E-state index contributed by atoms with van der Waals surface area (Å²) in [6.45, 7) is 5.74. The van der Waals surface area contributed by atoms with Crippen molar-refractivity contribution in [2.45, 2.75) is 26.4 Å². The molecule has 2 nitrogen and oxygen atoms in total. The summed E-state index contributed by atoms with van der Waals surface area (Å²) in [5, 5.41) is 3.08. The van der Waals surface area contributed by atoms with Crippen molar-refractivity contribution in [3.05, 3.63) is 35.6 Å². The Morgan fingerprint density at radius 2 is 2.12 bits per heavy atom. The van der Waals surface area contributed by atoms with Crippen LogP contribution in [0, 0.1) is 11.7 Å². The van der Waals surface area contributed by atoms with Crippen LogP contribution in [0.4, 0.5) is 4.39 Å². The molecule has 1 unspecified atom stereocenters. The molecule has 96 valence electrons. The fourth-order valence-electron chi connectivity index (χ4n) is 1.61. The molecule has 3 heteroatoms. The first-order valence-corrected chi connectivity index (χ1v) is 6.15. The van der Waals surface area contributed by atoms with Gasteiger partial charge in [-0.25, -0.2) is 4.39 Å². The molecule has 0 fully saturated rings. The Balaban J connectivity index is 2.58. The van der Waals surface area contributed by atoms with Crippen molar-refractivity contribution in [3.63, 3.8) is 0 Å². The highest BCUT2D eigenvalue weighted by atomic mass is 19.1. The molecule has 1 rings (SSSR count). The lowest BCUT2D eigenvalue weighted by molar-refractivity contribution is 0.0468. The number of likely N-dealkylation sites (N-methyl/N-ethyl adjacent to an activating group) is 1. The molecule has 0 saturated heterocycles. The molecular weight excluding hydrogens is 217 g/mol. The summed E-state index contributed by atoms with van der Waals surface area (Å²) >= 11 is 0. The summed E-state index contributed by atoms with van der Waals surface area (Å²) < 4.78 is 18.9. The second-order valence-corrected chi connectivity index (χ2v) is 4.65. The van der Waals surface area contributed by atoms with Gasteiger partial charge in [0.15, 0.2) is 0 Å². The van der Waals surface area contributed by atoms with E-state index in [9.17, 15) is 4.39 Å². The molecule has 0 spiro atoms. The first-order chi connectivity index (χ1) is 8.13. The molecule has 17 heavy (non-hydrogen) atoms. The molecule has 1 N–H and O–H groups in total. The lowest BCUT2D eigenvalue weighted by Gasteiger charge is -2.18. The summed E-state index contributed by atoms with van der Waals surface area (Å²) in [7, 11) is 1.87. The van der Waals surface area contributed by atoms with Gasteiger partial charge in [0.2, 0.25) is 0 Å². The molecule has 0 saturated carbocycles. The number of rotatable bonds is 7. The van der Waals surface area contributed by atoms with E-state index in [1.807, 2.05) is 13.1 Å². The number of ether oxygens (including phenoxy) is 1. The Bertz CT molecular complexity index is 328. The van der Waals surface area contributed by atoms with Crippen molar-refractivity contribution in [2.75, 3.05) is 20.2 Å². The molecule has 1 atom stereocenters. The summed E-state index contributed by atoms with van der Waals surface area (Å²) in [5.74, 6) is 0.411. The van der Waals surface area contributed by atoms with Gasteiger partial charge in [0.05, 0.1) is 6.10 Å². The molecule has 0 amide bonds. The van der Waals surface area contributed by atoms with Gasteiger partial charge in [-0.1, -0.05) is 26.0 Å². The summed E-state index contributed by atoms with van der Waals surface area (Å²) in [5.41, 5.74) is 0.892. The van der Waals surface area contributed by atoms with Gasteiger partial charge in [-0.2, -0.15) is 0 Å². The Kier molecular flexibility index (Phi) is 6.16. The Hall–Kier alpha value is -0.930. The average molecular weight is 239 g/mol. The minimum Gasteiger partial charge on any atom is -0.372 e. The van der Waals surface area contributed by atoms with Gasteiger partial charge in [0, 0.05) is 13.2 Å². The van der Waals surface area contributed by atoms with Crippen LogP contribution in [0.3, 0.4) is 0 Å². The van der Waals surface area contributed by atoms with Crippen molar-refractivity contribution >= 4 is 0 Å². The minimum absolute atomic E-state index is 0.0746. The average Bonchev–Trinajstić information content (AvgIpc) is 2.27.